The maximum atomic E-state index is 12.2. The number of hydrogen-bond acceptors (Lipinski definition) is 5. The topological polar surface area (TPSA) is 73.9 Å². The second-order valence-corrected chi connectivity index (χ2v) is 7.48. The SMILES string of the molecule is CCNC(=O)NC(=O)C(C)N1CCC(CN2CC(C)OC(C)C2)CC1. The van der Waals surface area contributed by atoms with E-state index in [9.17, 15) is 9.59 Å². The van der Waals surface area contributed by atoms with Gasteiger partial charge in [0.05, 0.1) is 18.2 Å². The van der Waals surface area contributed by atoms with Gasteiger partial charge in [-0.15, -0.1) is 0 Å². The second kappa shape index (κ2) is 9.50. The molecule has 0 bridgehead atoms. The van der Waals surface area contributed by atoms with E-state index in [1.807, 2.05) is 13.8 Å². The molecular formula is C18H34N4O3. The molecule has 3 unspecified atom stereocenters. The number of rotatable bonds is 5. The molecule has 0 radical (unpaired) electrons. The van der Waals surface area contributed by atoms with Crippen LogP contribution < -0.4 is 10.6 Å². The van der Waals surface area contributed by atoms with Crippen LogP contribution in [0.25, 0.3) is 0 Å². The zero-order chi connectivity index (χ0) is 18.4. The number of piperidine rings is 1. The number of likely N-dealkylation sites (tertiary alicyclic amines) is 1. The van der Waals surface area contributed by atoms with Crippen LogP contribution in [0.5, 0.6) is 0 Å². The molecule has 7 nitrogen and oxygen atoms in total. The fourth-order valence-electron chi connectivity index (χ4n) is 3.91. The van der Waals surface area contributed by atoms with Crippen LogP contribution in [0.2, 0.25) is 0 Å². The van der Waals surface area contributed by atoms with Gasteiger partial charge in [-0.05, 0) is 59.5 Å². The highest BCUT2D eigenvalue weighted by Gasteiger charge is 2.30. The summed E-state index contributed by atoms with van der Waals surface area (Å²) in [5, 5.41) is 5.00. The summed E-state index contributed by atoms with van der Waals surface area (Å²) in [5.74, 6) is 0.452. The molecule has 2 heterocycles. The molecule has 2 N–H and O–H groups in total. The van der Waals surface area contributed by atoms with Crippen LogP contribution in [-0.4, -0.2) is 79.3 Å². The lowest BCUT2D eigenvalue weighted by Gasteiger charge is -2.40. The van der Waals surface area contributed by atoms with Crippen molar-refractivity contribution in [2.75, 3.05) is 39.3 Å². The van der Waals surface area contributed by atoms with E-state index in [0.717, 1.165) is 45.6 Å². The largest absolute Gasteiger partial charge is 0.373 e. The van der Waals surface area contributed by atoms with Crippen LogP contribution in [0.1, 0.15) is 40.5 Å². The Labute approximate surface area is 151 Å². The van der Waals surface area contributed by atoms with Crippen molar-refractivity contribution in [3.63, 3.8) is 0 Å². The van der Waals surface area contributed by atoms with Gasteiger partial charge in [0.25, 0.3) is 0 Å². The Morgan fingerprint density at radius 1 is 1.16 bits per heavy atom. The summed E-state index contributed by atoms with van der Waals surface area (Å²) >= 11 is 0. The number of morpholine rings is 1. The predicted molar refractivity (Wildman–Crippen MR) is 97.4 cm³/mol. The third-order valence-electron chi connectivity index (χ3n) is 5.16. The first-order valence-corrected chi connectivity index (χ1v) is 9.59. The average molecular weight is 354 g/mol. The Bertz CT molecular complexity index is 442. The fraction of sp³-hybridized carbons (Fsp3) is 0.889. The lowest BCUT2D eigenvalue weighted by Crippen LogP contribution is -2.52. The fourth-order valence-corrected chi connectivity index (χ4v) is 3.91. The summed E-state index contributed by atoms with van der Waals surface area (Å²) in [4.78, 5) is 28.3. The van der Waals surface area contributed by atoms with Crippen molar-refractivity contribution in [1.29, 1.82) is 0 Å². The maximum absolute atomic E-state index is 12.2. The molecular weight excluding hydrogens is 320 g/mol. The van der Waals surface area contributed by atoms with E-state index < -0.39 is 6.03 Å². The van der Waals surface area contributed by atoms with E-state index in [1.165, 1.54) is 0 Å². The zero-order valence-corrected chi connectivity index (χ0v) is 16.1. The maximum Gasteiger partial charge on any atom is 0.321 e. The summed E-state index contributed by atoms with van der Waals surface area (Å²) in [6.07, 6.45) is 2.81. The normalized spacial score (nSPS) is 27.7. The van der Waals surface area contributed by atoms with Crippen molar-refractivity contribution >= 4 is 11.9 Å². The number of amides is 3. The molecule has 2 aliphatic heterocycles. The number of imide groups is 1. The molecule has 144 valence electrons. The third kappa shape index (κ3) is 6.24. The molecule has 0 aromatic rings. The van der Waals surface area contributed by atoms with Crippen molar-refractivity contribution in [2.45, 2.75) is 58.8 Å². The average Bonchev–Trinajstić information content (AvgIpc) is 2.54. The number of nitrogens with one attached hydrogen (secondary N) is 2. The number of carbonyl (C=O) groups excluding carboxylic acids is 2. The van der Waals surface area contributed by atoms with Crippen molar-refractivity contribution < 1.29 is 14.3 Å². The highest BCUT2D eigenvalue weighted by atomic mass is 16.5. The standard InChI is InChI=1S/C18H34N4O3/c1-5-19-18(24)20-17(23)15(4)22-8-6-16(7-9-22)12-21-10-13(2)25-14(3)11-21/h13-16H,5-12H2,1-4H3,(H2,19,20,23,24). The lowest BCUT2D eigenvalue weighted by atomic mass is 9.94. The Morgan fingerprint density at radius 2 is 1.76 bits per heavy atom. The van der Waals surface area contributed by atoms with Gasteiger partial charge in [0.15, 0.2) is 0 Å². The first-order chi connectivity index (χ1) is 11.9. The van der Waals surface area contributed by atoms with Crippen molar-refractivity contribution in [2.24, 2.45) is 5.92 Å². The Hall–Kier alpha value is -1.18. The highest BCUT2D eigenvalue weighted by Crippen LogP contribution is 2.22. The molecule has 3 atom stereocenters. The zero-order valence-electron chi connectivity index (χ0n) is 16.1. The van der Waals surface area contributed by atoms with Crippen LogP contribution in [0.3, 0.4) is 0 Å². The van der Waals surface area contributed by atoms with Crippen LogP contribution in [-0.2, 0) is 9.53 Å². The molecule has 0 saturated carbocycles. The molecule has 3 amide bonds. The first-order valence-electron chi connectivity index (χ1n) is 9.59. The molecule has 25 heavy (non-hydrogen) atoms. The monoisotopic (exact) mass is 354 g/mol. The minimum atomic E-state index is -0.412. The highest BCUT2D eigenvalue weighted by molar-refractivity contribution is 5.96. The molecule has 0 aliphatic carbocycles. The number of urea groups is 1. The van der Waals surface area contributed by atoms with Crippen molar-refractivity contribution in [3.05, 3.63) is 0 Å². The summed E-state index contributed by atoms with van der Waals surface area (Å²) in [5.41, 5.74) is 0. The van der Waals surface area contributed by atoms with Gasteiger partial charge in [-0.25, -0.2) is 4.79 Å². The minimum absolute atomic E-state index is 0.222. The molecule has 2 rings (SSSR count). The number of carbonyl (C=O) groups is 2. The Morgan fingerprint density at radius 3 is 2.32 bits per heavy atom. The Balaban J connectivity index is 1.73. The van der Waals surface area contributed by atoms with E-state index in [0.29, 0.717) is 24.7 Å². The smallest absolute Gasteiger partial charge is 0.321 e. The van der Waals surface area contributed by atoms with E-state index in [-0.39, 0.29) is 11.9 Å². The van der Waals surface area contributed by atoms with Gasteiger partial charge in [0.1, 0.15) is 0 Å². The third-order valence-corrected chi connectivity index (χ3v) is 5.16. The molecule has 2 fully saturated rings. The molecule has 2 saturated heterocycles. The van der Waals surface area contributed by atoms with Gasteiger partial charge in [-0.2, -0.15) is 0 Å². The van der Waals surface area contributed by atoms with Crippen LogP contribution in [0.4, 0.5) is 4.79 Å². The summed E-state index contributed by atoms with van der Waals surface area (Å²) < 4.78 is 5.80. The van der Waals surface area contributed by atoms with Crippen molar-refractivity contribution in [3.8, 4) is 0 Å². The summed E-state index contributed by atoms with van der Waals surface area (Å²) in [6.45, 7) is 13.4. The first kappa shape index (κ1) is 20.1. The lowest BCUT2D eigenvalue weighted by molar-refractivity contribution is -0.125. The predicted octanol–water partition coefficient (Wildman–Crippen LogP) is 1.04. The van der Waals surface area contributed by atoms with Gasteiger partial charge in [-0.1, -0.05) is 0 Å². The molecule has 2 aliphatic rings. The van der Waals surface area contributed by atoms with Gasteiger partial charge in [0.2, 0.25) is 5.91 Å². The van der Waals surface area contributed by atoms with Gasteiger partial charge in [0, 0.05) is 26.2 Å². The Kier molecular flexibility index (Phi) is 7.65. The summed E-state index contributed by atoms with van der Waals surface area (Å²) in [7, 11) is 0. The number of ether oxygens (including phenoxy) is 1. The van der Waals surface area contributed by atoms with E-state index in [1.54, 1.807) is 0 Å². The van der Waals surface area contributed by atoms with Gasteiger partial charge < -0.3 is 10.1 Å². The van der Waals surface area contributed by atoms with Crippen molar-refractivity contribution in [1.82, 2.24) is 20.4 Å². The molecule has 0 aromatic heterocycles. The van der Waals surface area contributed by atoms with Gasteiger partial charge in [-0.3, -0.25) is 19.9 Å². The quantitative estimate of drug-likeness (QED) is 0.772. The van der Waals surface area contributed by atoms with Crippen LogP contribution >= 0.6 is 0 Å². The molecule has 0 spiro atoms. The van der Waals surface area contributed by atoms with Crippen LogP contribution in [0.15, 0.2) is 0 Å². The molecule has 0 aromatic carbocycles. The second-order valence-electron chi connectivity index (χ2n) is 7.48. The van der Waals surface area contributed by atoms with Crippen LogP contribution in [0, 0.1) is 5.92 Å². The van der Waals surface area contributed by atoms with E-state index in [2.05, 4.69) is 34.3 Å². The number of nitrogens with zero attached hydrogens (tertiary/aromatic N) is 2. The van der Waals surface area contributed by atoms with Gasteiger partial charge >= 0.3 is 6.03 Å². The molecule has 7 heteroatoms. The van der Waals surface area contributed by atoms with E-state index >= 15 is 0 Å². The number of hydrogen-bond donors (Lipinski definition) is 2. The minimum Gasteiger partial charge on any atom is -0.373 e. The van der Waals surface area contributed by atoms with E-state index in [4.69, 9.17) is 4.74 Å². The summed E-state index contributed by atoms with van der Waals surface area (Å²) in [6, 6.07) is -0.684.